The molecule has 1 aliphatic rings. The molecule has 1 saturated carbocycles. The van der Waals surface area contributed by atoms with E-state index in [0.717, 1.165) is 54.4 Å². The van der Waals surface area contributed by atoms with Gasteiger partial charge < -0.3 is 15.0 Å². The molecule has 2 aromatic carbocycles. The summed E-state index contributed by atoms with van der Waals surface area (Å²) in [5, 5.41) is 14.0. The van der Waals surface area contributed by atoms with Gasteiger partial charge in [0.05, 0.1) is 0 Å². The zero-order chi connectivity index (χ0) is 22.5. The lowest BCUT2D eigenvalue weighted by Crippen LogP contribution is -2.08. The van der Waals surface area contributed by atoms with E-state index >= 15 is 0 Å². The molecule has 1 aromatic heterocycles. The summed E-state index contributed by atoms with van der Waals surface area (Å²) in [4.78, 5) is 15.8. The van der Waals surface area contributed by atoms with Crippen molar-refractivity contribution < 1.29 is 9.90 Å². The lowest BCUT2D eigenvalue weighted by Gasteiger charge is -2.11. The van der Waals surface area contributed by atoms with Crippen molar-refractivity contribution in [3.05, 3.63) is 89.4 Å². The van der Waals surface area contributed by atoms with Crippen LogP contribution in [0.25, 0.3) is 10.9 Å². The van der Waals surface area contributed by atoms with Gasteiger partial charge in [-0.05, 0) is 81.1 Å². The molecule has 0 saturated heterocycles. The first kappa shape index (κ1) is 21.6. The summed E-state index contributed by atoms with van der Waals surface area (Å²) in [5.41, 5.74) is 4.52. The molecule has 1 aliphatic carbocycles. The van der Waals surface area contributed by atoms with Crippen LogP contribution in [0.1, 0.15) is 31.7 Å². The second-order valence-corrected chi connectivity index (χ2v) is 8.39. The Kier molecular flexibility index (Phi) is 6.55. The SMILES string of the molecule is C=N/C(Nc1ccc2c(ccn2CCCc2ccccc2)c1)=C(\C=C(/C)C1CC1)C(=O)O. The van der Waals surface area contributed by atoms with Crippen molar-refractivity contribution in [2.75, 3.05) is 5.32 Å². The fraction of sp³-hybridized carbons (Fsp3) is 0.259. The van der Waals surface area contributed by atoms with Crippen LogP contribution < -0.4 is 5.32 Å². The van der Waals surface area contributed by atoms with Gasteiger partial charge in [0.15, 0.2) is 0 Å². The third kappa shape index (κ3) is 5.17. The molecule has 1 heterocycles. The molecule has 164 valence electrons. The molecule has 32 heavy (non-hydrogen) atoms. The number of anilines is 1. The van der Waals surface area contributed by atoms with Crippen molar-refractivity contribution in [2.24, 2.45) is 10.9 Å². The van der Waals surface area contributed by atoms with Crippen molar-refractivity contribution in [1.82, 2.24) is 4.57 Å². The Morgan fingerprint density at radius 3 is 2.69 bits per heavy atom. The topological polar surface area (TPSA) is 66.6 Å². The summed E-state index contributed by atoms with van der Waals surface area (Å²) < 4.78 is 2.26. The lowest BCUT2D eigenvalue weighted by atomic mass is 10.1. The van der Waals surface area contributed by atoms with Gasteiger partial charge in [-0.1, -0.05) is 35.9 Å². The zero-order valence-electron chi connectivity index (χ0n) is 18.4. The maximum Gasteiger partial charge on any atom is 0.339 e. The zero-order valence-corrected chi connectivity index (χ0v) is 18.4. The number of nitrogens with zero attached hydrogens (tertiary/aromatic N) is 2. The summed E-state index contributed by atoms with van der Waals surface area (Å²) in [6.07, 6.45) is 8.18. The molecule has 0 spiro atoms. The van der Waals surface area contributed by atoms with E-state index in [9.17, 15) is 9.90 Å². The number of carbonyl (C=O) groups is 1. The lowest BCUT2D eigenvalue weighted by molar-refractivity contribution is -0.132. The highest BCUT2D eigenvalue weighted by Gasteiger charge is 2.24. The average molecular weight is 428 g/mol. The fourth-order valence-corrected chi connectivity index (χ4v) is 4.02. The Balaban J connectivity index is 1.50. The number of aromatic nitrogens is 1. The second-order valence-electron chi connectivity index (χ2n) is 8.39. The van der Waals surface area contributed by atoms with E-state index < -0.39 is 5.97 Å². The maximum atomic E-state index is 11.9. The number of hydrogen-bond acceptors (Lipinski definition) is 3. The smallest absolute Gasteiger partial charge is 0.339 e. The number of benzene rings is 2. The number of allylic oxidation sites excluding steroid dienone is 1. The van der Waals surface area contributed by atoms with E-state index in [1.165, 1.54) is 5.56 Å². The molecule has 0 amide bonds. The largest absolute Gasteiger partial charge is 0.478 e. The predicted octanol–water partition coefficient (Wildman–Crippen LogP) is 6.04. The van der Waals surface area contributed by atoms with Crippen molar-refractivity contribution >= 4 is 29.3 Å². The van der Waals surface area contributed by atoms with E-state index in [-0.39, 0.29) is 11.4 Å². The minimum atomic E-state index is -1.01. The molecule has 0 unspecified atom stereocenters. The molecule has 2 N–H and O–H groups in total. The van der Waals surface area contributed by atoms with Gasteiger partial charge in [-0.3, -0.25) is 0 Å². The van der Waals surface area contributed by atoms with Gasteiger partial charge in [0.1, 0.15) is 11.4 Å². The molecule has 0 aliphatic heterocycles. The van der Waals surface area contributed by atoms with Crippen LogP contribution in [0.2, 0.25) is 0 Å². The maximum absolute atomic E-state index is 11.9. The van der Waals surface area contributed by atoms with Crippen LogP contribution in [0.15, 0.2) is 88.8 Å². The normalized spacial score (nSPS) is 14.8. The Hall–Kier alpha value is -3.60. The van der Waals surface area contributed by atoms with Crippen molar-refractivity contribution in [3.8, 4) is 0 Å². The highest BCUT2D eigenvalue weighted by Crippen LogP contribution is 2.37. The van der Waals surface area contributed by atoms with Crippen molar-refractivity contribution in [3.63, 3.8) is 0 Å². The summed E-state index contributed by atoms with van der Waals surface area (Å²) in [6, 6.07) is 18.7. The van der Waals surface area contributed by atoms with Crippen LogP contribution in [0.5, 0.6) is 0 Å². The van der Waals surface area contributed by atoms with Crippen molar-refractivity contribution in [2.45, 2.75) is 39.2 Å². The number of aliphatic carboxylic acids is 1. The number of carboxylic acids is 1. The van der Waals surface area contributed by atoms with E-state index in [4.69, 9.17) is 0 Å². The number of aliphatic imine (C=N–C) groups is 1. The molecule has 1 fully saturated rings. The molecule has 5 nitrogen and oxygen atoms in total. The molecular formula is C27H29N3O2. The summed E-state index contributed by atoms with van der Waals surface area (Å²) >= 11 is 0. The molecular weight excluding hydrogens is 398 g/mol. The fourth-order valence-electron chi connectivity index (χ4n) is 4.02. The van der Waals surface area contributed by atoms with Gasteiger partial charge in [-0.25, -0.2) is 9.79 Å². The summed E-state index contributed by atoms with van der Waals surface area (Å²) in [6.45, 7) is 6.51. The number of hydrogen-bond donors (Lipinski definition) is 2. The molecule has 5 heteroatoms. The van der Waals surface area contributed by atoms with E-state index in [0.29, 0.717) is 5.92 Å². The summed E-state index contributed by atoms with van der Waals surface area (Å²) in [7, 11) is 0. The third-order valence-electron chi connectivity index (χ3n) is 5.98. The van der Waals surface area contributed by atoms with Crippen molar-refractivity contribution in [1.29, 1.82) is 0 Å². The predicted molar refractivity (Wildman–Crippen MR) is 131 cm³/mol. The van der Waals surface area contributed by atoms with Crippen LogP contribution in [0, 0.1) is 5.92 Å². The Morgan fingerprint density at radius 2 is 2.00 bits per heavy atom. The quantitative estimate of drug-likeness (QED) is 0.235. The van der Waals surface area contributed by atoms with Gasteiger partial charge >= 0.3 is 5.97 Å². The van der Waals surface area contributed by atoms with E-state index in [1.807, 2.05) is 25.1 Å². The van der Waals surface area contributed by atoms with E-state index in [2.05, 4.69) is 64.2 Å². The van der Waals surface area contributed by atoms with Crippen LogP contribution in [-0.2, 0) is 17.8 Å². The molecule has 3 aromatic rings. The van der Waals surface area contributed by atoms with Crippen LogP contribution in [0.3, 0.4) is 0 Å². The first-order chi connectivity index (χ1) is 15.5. The van der Waals surface area contributed by atoms with Crippen LogP contribution in [-0.4, -0.2) is 22.4 Å². The monoisotopic (exact) mass is 427 g/mol. The number of nitrogens with one attached hydrogen (secondary N) is 1. The molecule has 0 bridgehead atoms. The van der Waals surface area contributed by atoms with Crippen LogP contribution in [0.4, 0.5) is 5.69 Å². The van der Waals surface area contributed by atoms with Gasteiger partial charge in [0.2, 0.25) is 0 Å². The number of rotatable bonds is 10. The minimum absolute atomic E-state index is 0.142. The van der Waals surface area contributed by atoms with E-state index in [1.54, 1.807) is 6.08 Å². The average Bonchev–Trinajstić information content (AvgIpc) is 3.58. The minimum Gasteiger partial charge on any atom is -0.478 e. The highest BCUT2D eigenvalue weighted by atomic mass is 16.4. The van der Waals surface area contributed by atoms with Gasteiger partial charge in [0.25, 0.3) is 0 Å². The molecule has 0 atom stereocenters. The second kappa shape index (κ2) is 9.69. The van der Waals surface area contributed by atoms with Gasteiger partial charge in [-0.2, -0.15) is 0 Å². The number of carboxylic acid groups (broad SMARTS) is 1. The number of aryl methyl sites for hydroxylation is 2. The Morgan fingerprint density at radius 1 is 1.22 bits per heavy atom. The standard InChI is InChI=1S/C27H29N3O2/c1-19(21-10-11-21)17-24(27(31)32)26(28-2)29-23-12-13-25-22(18-23)14-16-30(25)15-6-9-20-7-4-3-5-8-20/h3-5,7-8,12-14,16-18,21,29H,2,6,9-11,15H2,1H3,(H,31,32)/b19-17+,26-24-. The Labute approximate surface area is 188 Å². The Bertz CT molecular complexity index is 1180. The van der Waals surface area contributed by atoms with Gasteiger partial charge in [0, 0.05) is 29.3 Å². The summed E-state index contributed by atoms with van der Waals surface area (Å²) in [5.74, 6) is -0.252. The third-order valence-corrected chi connectivity index (χ3v) is 5.98. The first-order valence-corrected chi connectivity index (χ1v) is 11.1. The first-order valence-electron chi connectivity index (χ1n) is 11.1. The van der Waals surface area contributed by atoms with Crippen LogP contribution >= 0.6 is 0 Å². The van der Waals surface area contributed by atoms with Gasteiger partial charge in [-0.15, -0.1) is 0 Å². The molecule has 4 rings (SSSR count). The number of fused-ring (bicyclic) bond motifs is 1. The highest BCUT2D eigenvalue weighted by molar-refractivity contribution is 5.92. The molecule has 0 radical (unpaired) electrons.